The molecule has 1 aliphatic carbocycles. The largest absolute Gasteiger partial charge is 0.416 e. The Morgan fingerprint density at radius 1 is 1.09 bits per heavy atom. The van der Waals surface area contributed by atoms with Crippen LogP contribution in [0.15, 0.2) is 16.5 Å². The first kappa shape index (κ1) is 23.3. The van der Waals surface area contributed by atoms with Crippen LogP contribution in [-0.2, 0) is 28.9 Å². The van der Waals surface area contributed by atoms with Crippen LogP contribution in [0.1, 0.15) is 83.8 Å². The smallest absolute Gasteiger partial charge is 0.408 e. The van der Waals surface area contributed by atoms with E-state index in [4.69, 9.17) is 4.42 Å². The van der Waals surface area contributed by atoms with Crippen molar-refractivity contribution in [2.45, 2.75) is 76.2 Å². The van der Waals surface area contributed by atoms with Gasteiger partial charge < -0.3 is 14.6 Å². The van der Waals surface area contributed by atoms with Gasteiger partial charge in [-0.05, 0) is 42.5 Å². The number of rotatable bonds is 5. The number of imide groups is 1. The van der Waals surface area contributed by atoms with Crippen molar-refractivity contribution in [2.75, 3.05) is 5.32 Å². The number of aromatic nitrogens is 2. The van der Waals surface area contributed by atoms with Crippen LogP contribution in [0.5, 0.6) is 0 Å². The van der Waals surface area contributed by atoms with E-state index in [9.17, 15) is 27.6 Å². The molecule has 0 spiro atoms. The van der Waals surface area contributed by atoms with E-state index >= 15 is 0 Å². The summed E-state index contributed by atoms with van der Waals surface area (Å²) in [5.74, 6) is -1.10. The summed E-state index contributed by atoms with van der Waals surface area (Å²) < 4.78 is 47.4. The number of hydrogen-bond acceptors (Lipinski definition) is 7. The quantitative estimate of drug-likeness (QED) is 0.615. The monoisotopic (exact) mass is 491 g/mol. The van der Waals surface area contributed by atoms with Crippen molar-refractivity contribution in [2.24, 2.45) is 0 Å². The second-order valence-corrected chi connectivity index (χ2v) is 9.20. The summed E-state index contributed by atoms with van der Waals surface area (Å²) in [5.41, 5.74) is -0.988. The summed E-state index contributed by atoms with van der Waals surface area (Å²) >= 11 is 0. The van der Waals surface area contributed by atoms with Crippen LogP contribution in [0, 0.1) is 0 Å². The number of anilines is 1. The zero-order chi connectivity index (χ0) is 24.7. The molecule has 1 aromatic carbocycles. The normalized spacial score (nSPS) is 21.3. The molecular formula is C23H24F3N5O4. The maximum atomic E-state index is 13.9. The Hall–Kier alpha value is -3.44. The maximum Gasteiger partial charge on any atom is 0.416 e. The molecule has 3 aliphatic rings. The molecule has 1 saturated carbocycles. The van der Waals surface area contributed by atoms with Gasteiger partial charge in [-0.2, -0.15) is 13.2 Å². The molecule has 1 saturated heterocycles. The van der Waals surface area contributed by atoms with Gasteiger partial charge in [-0.15, -0.1) is 5.10 Å². The first-order chi connectivity index (χ1) is 16.7. The fourth-order valence-corrected chi connectivity index (χ4v) is 5.07. The van der Waals surface area contributed by atoms with Crippen LogP contribution < -0.4 is 10.6 Å². The molecular weight excluding hydrogens is 467 g/mol. The Morgan fingerprint density at radius 2 is 1.86 bits per heavy atom. The van der Waals surface area contributed by atoms with Crippen molar-refractivity contribution in [1.82, 2.24) is 20.4 Å². The van der Waals surface area contributed by atoms with Gasteiger partial charge in [0.25, 0.3) is 5.91 Å². The van der Waals surface area contributed by atoms with Crippen LogP contribution >= 0.6 is 0 Å². The molecule has 0 bridgehead atoms. The Balaban J connectivity index is 1.36. The summed E-state index contributed by atoms with van der Waals surface area (Å²) in [7, 11) is 0. The van der Waals surface area contributed by atoms with Crippen LogP contribution in [-0.4, -0.2) is 38.9 Å². The Morgan fingerprint density at radius 3 is 2.57 bits per heavy atom. The average Bonchev–Trinajstić information content (AvgIpc) is 3.42. The average molecular weight is 491 g/mol. The molecule has 5 rings (SSSR count). The Kier molecular flexibility index (Phi) is 5.97. The molecule has 9 nitrogen and oxygen atoms in total. The number of amides is 3. The fourth-order valence-electron chi connectivity index (χ4n) is 5.07. The third-order valence-electron chi connectivity index (χ3n) is 6.86. The molecule has 2 N–H and O–H groups in total. The minimum absolute atomic E-state index is 0.0187. The van der Waals surface area contributed by atoms with Gasteiger partial charge in [0.05, 0.1) is 5.56 Å². The summed E-state index contributed by atoms with van der Waals surface area (Å²) in [4.78, 5) is 37.8. The highest BCUT2D eigenvalue weighted by molar-refractivity contribution is 6.05. The van der Waals surface area contributed by atoms with Gasteiger partial charge >= 0.3 is 12.2 Å². The van der Waals surface area contributed by atoms with Crippen molar-refractivity contribution < 1.29 is 32.0 Å². The van der Waals surface area contributed by atoms with Gasteiger partial charge in [-0.1, -0.05) is 24.4 Å². The summed E-state index contributed by atoms with van der Waals surface area (Å²) in [5, 5.41) is 13.0. The molecule has 12 heteroatoms. The van der Waals surface area contributed by atoms with E-state index in [2.05, 4.69) is 20.8 Å². The first-order valence-electron chi connectivity index (χ1n) is 11.7. The number of nitrogens with one attached hydrogen (secondary N) is 2. The topological polar surface area (TPSA) is 117 Å². The van der Waals surface area contributed by atoms with Crippen LogP contribution in [0.2, 0.25) is 0 Å². The number of benzene rings is 1. The lowest BCUT2D eigenvalue weighted by molar-refractivity contribution is -0.138. The van der Waals surface area contributed by atoms with E-state index in [1.807, 2.05) is 0 Å². The van der Waals surface area contributed by atoms with Crippen molar-refractivity contribution in [3.63, 3.8) is 0 Å². The standard InChI is InChI=1S/C23H24F3N5O4/c24-23(25,26)16-9-12(10-27-22-30-29-20(35-22)13-4-2-1-3-5-13)8-14-15(16)11-31(21(14)34)17-6-7-18(32)28-19(17)33/h8-9,13,17H,1-7,10-11H2,(H,27,30)(H,28,32,33). The van der Waals surface area contributed by atoms with E-state index in [0.29, 0.717) is 5.89 Å². The molecule has 0 radical (unpaired) electrons. The summed E-state index contributed by atoms with van der Waals surface area (Å²) in [6, 6.07) is 1.50. The highest BCUT2D eigenvalue weighted by atomic mass is 19.4. The van der Waals surface area contributed by atoms with Crippen molar-refractivity contribution in [3.8, 4) is 0 Å². The second-order valence-electron chi connectivity index (χ2n) is 9.20. The lowest BCUT2D eigenvalue weighted by atomic mass is 9.89. The van der Waals surface area contributed by atoms with E-state index < -0.39 is 35.5 Å². The summed E-state index contributed by atoms with van der Waals surface area (Å²) in [6.45, 7) is -0.411. The van der Waals surface area contributed by atoms with Crippen LogP contribution in [0.3, 0.4) is 0 Å². The Labute approximate surface area is 198 Å². The van der Waals surface area contributed by atoms with Gasteiger partial charge in [-0.3, -0.25) is 19.7 Å². The molecule has 186 valence electrons. The number of fused-ring (bicyclic) bond motifs is 1. The zero-order valence-corrected chi connectivity index (χ0v) is 18.8. The summed E-state index contributed by atoms with van der Waals surface area (Å²) in [6.07, 6.45) is 0.686. The molecule has 3 heterocycles. The van der Waals surface area contributed by atoms with Crippen molar-refractivity contribution >= 4 is 23.7 Å². The lowest BCUT2D eigenvalue weighted by Gasteiger charge is -2.29. The van der Waals surface area contributed by atoms with Gasteiger partial charge in [-0.25, -0.2) is 0 Å². The van der Waals surface area contributed by atoms with E-state index in [1.165, 1.54) is 12.5 Å². The fraction of sp³-hybridized carbons (Fsp3) is 0.522. The van der Waals surface area contributed by atoms with E-state index in [0.717, 1.165) is 36.6 Å². The van der Waals surface area contributed by atoms with Crippen LogP contribution in [0.25, 0.3) is 0 Å². The number of nitrogens with zero attached hydrogens (tertiary/aromatic N) is 3. The molecule has 1 unspecified atom stereocenters. The highest BCUT2D eigenvalue weighted by Crippen LogP contribution is 2.39. The molecule has 35 heavy (non-hydrogen) atoms. The maximum absolute atomic E-state index is 13.9. The van der Waals surface area contributed by atoms with Crippen molar-refractivity contribution in [1.29, 1.82) is 0 Å². The number of piperidine rings is 1. The number of carbonyl (C=O) groups is 3. The second kappa shape index (κ2) is 8.97. The number of hydrogen-bond donors (Lipinski definition) is 2. The molecule has 2 fully saturated rings. The Bertz CT molecular complexity index is 1170. The molecule has 1 atom stereocenters. The van der Waals surface area contributed by atoms with Gasteiger partial charge in [0.2, 0.25) is 17.7 Å². The predicted octanol–water partition coefficient (Wildman–Crippen LogP) is 3.51. The zero-order valence-electron chi connectivity index (χ0n) is 18.8. The molecule has 3 amide bonds. The first-order valence-corrected chi connectivity index (χ1v) is 11.7. The number of alkyl halides is 3. The van der Waals surface area contributed by atoms with E-state index in [-0.39, 0.29) is 54.6 Å². The van der Waals surface area contributed by atoms with E-state index in [1.54, 1.807) is 0 Å². The SMILES string of the molecule is O=C1CCC(N2Cc3c(cc(CNc4nnc(C5CCCCC5)o4)cc3C(F)(F)F)C2=O)C(=O)N1. The van der Waals surface area contributed by atoms with Gasteiger partial charge in [0.15, 0.2) is 0 Å². The molecule has 2 aliphatic heterocycles. The lowest BCUT2D eigenvalue weighted by Crippen LogP contribution is -2.52. The highest BCUT2D eigenvalue weighted by Gasteiger charge is 2.44. The third kappa shape index (κ3) is 4.61. The number of halogens is 3. The number of carbonyl (C=O) groups excluding carboxylic acids is 3. The molecule has 1 aromatic heterocycles. The predicted molar refractivity (Wildman–Crippen MR) is 115 cm³/mol. The minimum atomic E-state index is -4.69. The van der Waals surface area contributed by atoms with Gasteiger partial charge in [0.1, 0.15) is 6.04 Å². The molecule has 2 aromatic rings. The minimum Gasteiger partial charge on any atom is -0.408 e. The van der Waals surface area contributed by atoms with Crippen molar-refractivity contribution in [3.05, 3.63) is 40.3 Å². The van der Waals surface area contributed by atoms with Crippen LogP contribution in [0.4, 0.5) is 19.2 Å². The third-order valence-corrected chi connectivity index (χ3v) is 6.86. The van der Waals surface area contributed by atoms with Gasteiger partial charge in [0, 0.05) is 31.0 Å².